The van der Waals surface area contributed by atoms with Gasteiger partial charge in [0.2, 0.25) is 5.88 Å². The summed E-state index contributed by atoms with van der Waals surface area (Å²) in [5.74, 6) is 0.510. The lowest BCUT2D eigenvalue weighted by Gasteiger charge is -2.06. The molecule has 0 aliphatic carbocycles. The van der Waals surface area contributed by atoms with Crippen LogP contribution in [0.3, 0.4) is 0 Å². The van der Waals surface area contributed by atoms with Crippen molar-refractivity contribution in [1.29, 1.82) is 0 Å². The number of aliphatic hydroxyl groups is 1. The van der Waals surface area contributed by atoms with E-state index in [1.54, 1.807) is 18.3 Å². The molecule has 0 aliphatic heterocycles. The van der Waals surface area contributed by atoms with E-state index in [0.717, 1.165) is 11.1 Å². The molecule has 0 atom stereocenters. The molecule has 116 valence electrons. The summed E-state index contributed by atoms with van der Waals surface area (Å²) in [6, 6.07) is 11.0. The van der Waals surface area contributed by atoms with Gasteiger partial charge in [0, 0.05) is 18.0 Å². The van der Waals surface area contributed by atoms with Crippen molar-refractivity contribution >= 4 is 5.69 Å². The second-order valence-corrected chi connectivity index (χ2v) is 3.69. The van der Waals surface area contributed by atoms with E-state index < -0.39 is 0 Å². The minimum atomic E-state index is 0.0535. The van der Waals surface area contributed by atoms with E-state index in [9.17, 15) is 0 Å². The van der Waals surface area contributed by atoms with Gasteiger partial charge in [0.1, 0.15) is 6.61 Å². The maximum Gasteiger partial charge on any atom is 0.215 e. The highest BCUT2D eigenvalue weighted by Gasteiger charge is 1.98. The van der Waals surface area contributed by atoms with Crippen molar-refractivity contribution in [3.63, 3.8) is 0 Å². The Balaban J connectivity index is 0.000000921. The molecule has 2 rings (SSSR count). The number of rotatable bonds is 4. The topological polar surface area (TPSA) is 68.4 Å². The first-order valence-electron chi connectivity index (χ1n) is 7.31. The van der Waals surface area contributed by atoms with Gasteiger partial charge in [-0.2, -0.15) is 0 Å². The Kier molecular flexibility index (Phi) is 10.6. The van der Waals surface area contributed by atoms with Crippen LogP contribution in [0.25, 0.3) is 0 Å². The van der Waals surface area contributed by atoms with Crippen LogP contribution in [0, 0.1) is 0 Å². The quantitative estimate of drug-likeness (QED) is 0.899. The molecule has 0 aliphatic rings. The molecule has 1 heterocycles. The monoisotopic (exact) mass is 290 g/mol. The minimum Gasteiger partial charge on any atom is -0.473 e. The molecule has 0 bridgehead atoms. The number of anilines is 1. The van der Waals surface area contributed by atoms with E-state index in [2.05, 4.69) is 4.98 Å². The summed E-state index contributed by atoms with van der Waals surface area (Å²) in [5.41, 5.74) is 8.15. The Labute approximate surface area is 127 Å². The van der Waals surface area contributed by atoms with Crippen molar-refractivity contribution in [2.24, 2.45) is 0 Å². The van der Waals surface area contributed by atoms with Crippen molar-refractivity contribution in [2.45, 2.75) is 40.9 Å². The summed E-state index contributed by atoms with van der Waals surface area (Å²) in [4.78, 5) is 4.05. The third-order valence-corrected chi connectivity index (χ3v) is 2.35. The van der Waals surface area contributed by atoms with Crippen molar-refractivity contribution < 1.29 is 9.84 Å². The summed E-state index contributed by atoms with van der Waals surface area (Å²) in [6.07, 6.45) is 1.61. The van der Waals surface area contributed by atoms with E-state index in [4.69, 9.17) is 15.6 Å². The van der Waals surface area contributed by atoms with Crippen LogP contribution in [0.4, 0.5) is 5.69 Å². The SMILES string of the molecule is CC.CC.Nc1ccnc(OCc2ccc(CO)cc2)c1. The van der Waals surface area contributed by atoms with Gasteiger partial charge in [-0.25, -0.2) is 4.98 Å². The molecular weight excluding hydrogens is 264 g/mol. The summed E-state index contributed by atoms with van der Waals surface area (Å²) in [7, 11) is 0. The normalized spacial score (nSPS) is 8.81. The molecule has 0 amide bonds. The summed E-state index contributed by atoms with van der Waals surface area (Å²) in [5, 5.41) is 8.91. The Morgan fingerprint density at radius 2 is 1.57 bits per heavy atom. The number of hydrogen-bond donors (Lipinski definition) is 2. The second-order valence-electron chi connectivity index (χ2n) is 3.69. The van der Waals surface area contributed by atoms with Crippen LogP contribution in [0.15, 0.2) is 42.6 Å². The summed E-state index contributed by atoms with van der Waals surface area (Å²) in [6.45, 7) is 8.49. The van der Waals surface area contributed by atoms with Crippen molar-refractivity contribution in [3.05, 3.63) is 53.7 Å². The van der Waals surface area contributed by atoms with Crippen LogP contribution in [-0.4, -0.2) is 10.1 Å². The molecule has 3 N–H and O–H groups in total. The number of pyridine rings is 1. The van der Waals surface area contributed by atoms with Gasteiger partial charge < -0.3 is 15.6 Å². The zero-order chi connectivity index (χ0) is 16.1. The first kappa shape index (κ1) is 18.9. The van der Waals surface area contributed by atoms with E-state index >= 15 is 0 Å². The molecular formula is C17H26N2O2. The fraction of sp³-hybridized carbons (Fsp3) is 0.353. The smallest absolute Gasteiger partial charge is 0.215 e. The van der Waals surface area contributed by atoms with E-state index in [-0.39, 0.29) is 6.61 Å². The van der Waals surface area contributed by atoms with Crippen LogP contribution in [0.2, 0.25) is 0 Å². The first-order chi connectivity index (χ1) is 10.3. The molecule has 0 saturated carbocycles. The molecule has 21 heavy (non-hydrogen) atoms. The number of nitrogens with two attached hydrogens (primary N) is 1. The van der Waals surface area contributed by atoms with Gasteiger partial charge in [-0.1, -0.05) is 52.0 Å². The van der Waals surface area contributed by atoms with Gasteiger partial charge in [-0.3, -0.25) is 0 Å². The fourth-order valence-electron chi connectivity index (χ4n) is 1.40. The molecule has 0 radical (unpaired) electrons. The molecule has 0 fully saturated rings. The number of ether oxygens (including phenoxy) is 1. The largest absolute Gasteiger partial charge is 0.473 e. The highest BCUT2D eigenvalue weighted by Crippen LogP contribution is 2.13. The maximum atomic E-state index is 8.91. The number of hydrogen-bond acceptors (Lipinski definition) is 4. The average Bonchev–Trinajstić information content (AvgIpc) is 2.57. The zero-order valence-corrected chi connectivity index (χ0v) is 13.3. The first-order valence-corrected chi connectivity index (χ1v) is 7.31. The lowest BCUT2D eigenvalue weighted by atomic mass is 10.1. The zero-order valence-electron chi connectivity index (χ0n) is 13.3. The van der Waals surface area contributed by atoms with Gasteiger partial charge in [0.05, 0.1) is 6.61 Å². The van der Waals surface area contributed by atoms with Crippen molar-refractivity contribution in [2.75, 3.05) is 5.73 Å². The molecule has 0 saturated heterocycles. The average molecular weight is 290 g/mol. The predicted octanol–water partition coefficient (Wildman–Crippen LogP) is 3.79. The molecule has 0 spiro atoms. The fourth-order valence-corrected chi connectivity index (χ4v) is 1.40. The molecule has 1 aromatic heterocycles. The number of nitrogens with zero attached hydrogens (tertiary/aromatic N) is 1. The van der Waals surface area contributed by atoms with Crippen LogP contribution in [0.1, 0.15) is 38.8 Å². The highest BCUT2D eigenvalue weighted by molar-refractivity contribution is 5.39. The lowest BCUT2D eigenvalue weighted by molar-refractivity contribution is 0.281. The van der Waals surface area contributed by atoms with Gasteiger partial charge in [0.25, 0.3) is 0 Å². The summed E-state index contributed by atoms with van der Waals surface area (Å²) < 4.78 is 5.49. The van der Waals surface area contributed by atoms with Gasteiger partial charge in [0.15, 0.2) is 0 Å². The van der Waals surface area contributed by atoms with Crippen LogP contribution in [-0.2, 0) is 13.2 Å². The number of benzene rings is 1. The predicted molar refractivity (Wildman–Crippen MR) is 88.0 cm³/mol. The number of aliphatic hydroxyl groups excluding tert-OH is 1. The number of aromatic nitrogens is 1. The minimum absolute atomic E-state index is 0.0535. The Morgan fingerprint density at radius 1 is 1.00 bits per heavy atom. The third-order valence-electron chi connectivity index (χ3n) is 2.35. The number of nitrogen functional groups attached to an aromatic ring is 1. The molecule has 2 aromatic rings. The van der Waals surface area contributed by atoms with Crippen LogP contribution < -0.4 is 10.5 Å². The Bertz CT molecular complexity index is 484. The Hall–Kier alpha value is -2.07. The van der Waals surface area contributed by atoms with E-state index in [1.165, 1.54) is 0 Å². The van der Waals surface area contributed by atoms with Gasteiger partial charge >= 0.3 is 0 Å². The van der Waals surface area contributed by atoms with E-state index in [1.807, 2.05) is 52.0 Å². The molecule has 1 aromatic carbocycles. The van der Waals surface area contributed by atoms with Crippen molar-refractivity contribution in [1.82, 2.24) is 4.98 Å². The van der Waals surface area contributed by atoms with E-state index in [0.29, 0.717) is 18.2 Å². The lowest BCUT2D eigenvalue weighted by Crippen LogP contribution is -1.98. The standard InChI is InChI=1S/C13H14N2O2.2C2H6/c14-12-5-6-15-13(7-12)17-9-11-3-1-10(8-16)2-4-11;2*1-2/h1-7,16H,8-9H2,(H2,14,15);2*1-2H3. The summed E-state index contributed by atoms with van der Waals surface area (Å²) >= 11 is 0. The van der Waals surface area contributed by atoms with Crippen LogP contribution in [0.5, 0.6) is 5.88 Å². The van der Waals surface area contributed by atoms with Crippen molar-refractivity contribution in [3.8, 4) is 5.88 Å². The van der Waals surface area contributed by atoms with Crippen LogP contribution >= 0.6 is 0 Å². The van der Waals surface area contributed by atoms with Gasteiger partial charge in [-0.05, 0) is 17.2 Å². The molecule has 4 nitrogen and oxygen atoms in total. The maximum absolute atomic E-state index is 8.91. The van der Waals surface area contributed by atoms with Gasteiger partial charge in [-0.15, -0.1) is 0 Å². The molecule has 0 unspecified atom stereocenters. The Morgan fingerprint density at radius 3 is 2.10 bits per heavy atom. The highest BCUT2D eigenvalue weighted by atomic mass is 16.5. The molecule has 4 heteroatoms. The second kappa shape index (κ2) is 11.7. The third kappa shape index (κ3) is 7.32.